The molecule has 0 aromatic carbocycles. The summed E-state index contributed by atoms with van der Waals surface area (Å²) in [6, 6.07) is 0. The smallest absolute Gasteiger partial charge is 0.0459 e. The minimum Gasteiger partial charge on any atom is -0.396 e. The Hall–Kier alpha value is -0.0400. The molecule has 0 amide bonds. The Labute approximate surface area is 81.5 Å². The third-order valence-corrected chi connectivity index (χ3v) is 4.74. The molecule has 0 aromatic heterocycles. The zero-order valence-corrected chi connectivity index (χ0v) is 8.92. The van der Waals surface area contributed by atoms with Crippen LogP contribution in [0.3, 0.4) is 0 Å². The topological polar surface area (TPSA) is 20.2 Å². The summed E-state index contributed by atoms with van der Waals surface area (Å²) in [5, 5.41) is 9.20. The molecule has 2 fully saturated rings. The summed E-state index contributed by atoms with van der Waals surface area (Å²) >= 11 is 0. The molecule has 0 spiro atoms. The second-order valence-corrected chi connectivity index (χ2v) is 5.52. The van der Waals surface area contributed by atoms with Gasteiger partial charge in [0.1, 0.15) is 0 Å². The Morgan fingerprint density at radius 3 is 2.69 bits per heavy atom. The molecule has 76 valence electrons. The molecule has 1 heteroatoms. The van der Waals surface area contributed by atoms with Crippen LogP contribution in [0.1, 0.15) is 46.0 Å². The molecule has 1 N–H and O–H groups in total. The minimum absolute atomic E-state index is 0.386. The second kappa shape index (κ2) is 3.27. The van der Waals surface area contributed by atoms with Crippen molar-refractivity contribution in [2.24, 2.45) is 23.2 Å². The van der Waals surface area contributed by atoms with E-state index in [4.69, 9.17) is 0 Å². The average Bonchev–Trinajstić information content (AvgIpc) is 2.11. The van der Waals surface area contributed by atoms with Crippen molar-refractivity contribution in [3.63, 3.8) is 0 Å². The lowest BCUT2D eigenvalue weighted by Crippen LogP contribution is -2.47. The second-order valence-electron chi connectivity index (χ2n) is 5.52. The largest absolute Gasteiger partial charge is 0.396 e. The number of hydrogen-bond donors (Lipinski definition) is 1. The molecule has 2 aliphatic carbocycles. The molecule has 2 rings (SSSR count). The van der Waals surface area contributed by atoms with Crippen molar-refractivity contribution < 1.29 is 5.11 Å². The molecular weight excluding hydrogens is 160 g/mol. The van der Waals surface area contributed by atoms with Gasteiger partial charge in [-0.1, -0.05) is 20.3 Å². The van der Waals surface area contributed by atoms with Crippen LogP contribution < -0.4 is 0 Å². The van der Waals surface area contributed by atoms with E-state index in [9.17, 15) is 5.11 Å². The van der Waals surface area contributed by atoms with Crippen LogP contribution in [0, 0.1) is 23.2 Å². The summed E-state index contributed by atoms with van der Waals surface area (Å²) < 4.78 is 0. The number of fused-ring (bicyclic) bond motifs is 1. The van der Waals surface area contributed by atoms with Crippen LogP contribution in [-0.4, -0.2) is 11.7 Å². The molecule has 0 radical (unpaired) electrons. The third kappa shape index (κ3) is 1.41. The maximum absolute atomic E-state index is 9.20. The first-order valence-corrected chi connectivity index (χ1v) is 5.78. The molecular formula is C12H22O. The predicted octanol–water partition coefficient (Wildman–Crippen LogP) is 2.83. The van der Waals surface area contributed by atoms with Crippen molar-refractivity contribution in [1.82, 2.24) is 0 Å². The van der Waals surface area contributed by atoms with E-state index in [-0.39, 0.29) is 0 Å². The van der Waals surface area contributed by atoms with Gasteiger partial charge in [0, 0.05) is 6.61 Å². The number of hydrogen-bond acceptors (Lipinski definition) is 1. The summed E-state index contributed by atoms with van der Waals surface area (Å²) in [5.74, 6) is 2.28. The van der Waals surface area contributed by atoms with Crippen LogP contribution in [0.25, 0.3) is 0 Å². The lowest BCUT2D eigenvalue weighted by Gasteiger charge is -2.56. The molecule has 13 heavy (non-hydrogen) atoms. The average molecular weight is 182 g/mol. The van der Waals surface area contributed by atoms with Crippen molar-refractivity contribution in [1.29, 1.82) is 0 Å². The quantitative estimate of drug-likeness (QED) is 0.696. The normalized spacial score (nSPS) is 46.4. The molecule has 0 aromatic rings. The van der Waals surface area contributed by atoms with E-state index in [1.165, 1.54) is 32.1 Å². The number of aliphatic hydroxyl groups excluding tert-OH is 1. The SMILES string of the molecule is CC(CO)C1CCCC2(C)CCC12. The van der Waals surface area contributed by atoms with Crippen molar-refractivity contribution in [2.75, 3.05) is 6.61 Å². The molecule has 0 saturated heterocycles. The van der Waals surface area contributed by atoms with E-state index in [2.05, 4.69) is 13.8 Å². The van der Waals surface area contributed by atoms with Crippen molar-refractivity contribution in [2.45, 2.75) is 46.0 Å². The van der Waals surface area contributed by atoms with Gasteiger partial charge in [-0.05, 0) is 48.9 Å². The Morgan fingerprint density at radius 1 is 1.38 bits per heavy atom. The van der Waals surface area contributed by atoms with E-state index >= 15 is 0 Å². The maximum atomic E-state index is 9.20. The molecule has 0 bridgehead atoms. The van der Waals surface area contributed by atoms with Gasteiger partial charge in [-0.25, -0.2) is 0 Å². The first-order valence-electron chi connectivity index (χ1n) is 5.78. The zero-order chi connectivity index (χ0) is 9.47. The van der Waals surface area contributed by atoms with Gasteiger partial charge in [-0.2, -0.15) is 0 Å². The van der Waals surface area contributed by atoms with Crippen molar-refractivity contribution in [3.05, 3.63) is 0 Å². The van der Waals surface area contributed by atoms with Crippen molar-refractivity contribution in [3.8, 4) is 0 Å². The fourth-order valence-corrected chi connectivity index (χ4v) is 3.60. The monoisotopic (exact) mass is 182 g/mol. The van der Waals surface area contributed by atoms with E-state index < -0.39 is 0 Å². The van der Waals surface area contributed by atoms with E-state index in [0.717, 1.165) is 11.8 Å². The van der Waals surface area contributed by atoms with Crippen LogP contribution in [0.4, 0.5) is 0 Å². The van der Waals surface area contributed by atoms with Crippen molar-refractivity contribution >= 4 is 0 Å². The summed E-state index contributed by atoms with van der Waals surface area (Å²) in [5.41, 5.74) is 0.659. The molecule has 4 atom stereocenters. The lowest BCUT2D eigenvalue weighted by molar-refractivity contribution is -0.0653. The lowest BCUT2D eigenvalue weighted by atomic mass is 9.49. The van der Waals surface area contributed by atoms with Gasteiger partial charge in [0.25, 0.3) is 0 Å². The fourth-order valence-electron chi connectivity index (χ4n) is 3.60. The fraction of sp³-hybridized carbons (Fsp3) is 1.00. The maximum Gasteiger partial charge on any atom is 0.0459 e. The van der Waals surface area contributed by atoms with Gasteiger partial charge in [-0.15, -0.1) is 0 Å². The highest BCUT2D eigenvalue weighted by molar-refractivity contribution is 4.99. The number of aliphatic hydroxyl groups is 1. The van der Waals surface area contributed by atoms with E-state index in [0.29, 0.717) is 17.9 Å². The van der Waals surface area contributed by atoms with E-state index in [1.807, 2.05) is 0 Å². The van der Waals surface area contributed by atoms with Crippen LogP contribution in [-0.2, 0) is 0 Å². The van der Waals surface area contributed by atoms with Crippen LogP contribution in [0.5, 0.6) is 0 Å². The first kappa shape index (κ1) is 9.51. The highest BCUT2D eigenvalue weighted by atomic mass is 16.3. The molecule has 4 unspecified atom stereocenters. The Kier molecular flexibility index (Phi) is 2.39. The molecule has 0 heterocycles. The van der Waals surface area contributed by atoms with Gasteiger partial charge in [0.05, 0.1) is 0 Å². The molecule has 2 aliphatic rings. The highest BCUT2D eigenvalue weighted by Gasteiger charge is 2.49. The predicted molar refractivity (Wildman–Crippen MR) is 54.4 cm³/mol. The summed E-state index contributed by atoms with van der Waals surface area (Å²) in [6.07, 6.45) is 7.05. The summed E-state index contributed by atoms with van der Waals surface area (Å²) in [6.45, 7) is 5.06. The van der Waals surface area contributed by atoms with Gasteiger partial charge in [-0.3, -0.25) is 0 Å². The van der Waals surface area contributed by atoms with Crippen LogP contribution in [0.2, 0.25) is 0 Å². The minimum atomic E-state index is 0.386. The van der Waals surface area contributed by atoms with Crippen LogP contribution >= 0.6 is 0 Å². The Morgan fingerprint density at radius 2 is 2.15 bits per heavy atom. The van der Waals surface area contributed by atoms with Gasteiger partial charge >= 0.3 is 0 Å². The highest BCUT2D eigenvalue weighted by Crippen LogP contribution is 2.58. The van der Waals surface area contributed by atoms with Crippen LogP contribution in [0.15, 0.2) is 0 Å². The Balaban J connectivity index is 2.04. The molecule has 1 nitrogen and oxygen atoms in total. The van der Waals surface area contributed by atoms with E-state index in [1.54, 1.807) is 0 Å². The van der Waals surface area contributed by atoms with Gasteiger partial charge < -0.3 is 5.11 Å². The van der Waals surface area contributed by atoms with Gasteiger partial charge in [0.2, 0.25) is 0 Å². The summed E-state index contributed by atoms with van der Waals surface area (Å²) in [7, 11) is 0. The molecule has 2 saturated carbocycles. The Bertz CT molecular complexity index is 190. The summed E-state index contributed by atoms with van der Waals surface area (Å²) in [4.78, 5) is 0. The molecule has 0 aliphatic heterocycles. The number of rotatable bonds is 2. The zero-order valence-electron chi connectivity index (χ0n) is 8.92. The standard InChI is InChI=1S/C12H22O/c1-9(8-13)10-4-3-6-12(2)7-5-11(10)12/h9-11,13H,3-8H2,1-2H3. The first-order chi connectivity index (χ1) is 6.17. The third-order valence-electron chi connectivity index (χ3n) is 4.74. The van der Waals surface area contributed by atoms with Gasteiger partial charge in [0.15, 0.2) is 0 Å².